The Morgan fingerprint density at radius 3 is 2.36 bits per heavy atom. The van der Waals surface area contributed by atoms with E-state index in [2.05, 4.69) is 6.92 Å². The molecule has 0 amide bonds. The van der Waals surface area contributed by atoms with Crippen LogP contribution in [0.4, 0.5) is 0 Å². The van der Waals surface area contributed by atoms with Crippen LogP contribution in [0.15, 0.2) is 0 Å². The maximum atomic E-state index is 9.71. The molecular weight excluding hydrogens is 265 g/mol. The van der Waals surface area contributed by atoms with E-state index in [0.29, 0.717) is 5.41 Å². The van der Waals surface area contributed by atoms with E-state index < -0.39 is 0 Å². The summed E-state index contributed by atoms with van der Waals surface area (Å²) in [6.45, 7) is 2.23. The molecular formula is C9H17OPr. The molecule has 0 aromatic carbocycles. The van der Waals surface area contributed by atoms with Crippen LogP contribution in [0, 0.1) is 44.6 Å². The molecule has 1 atom stereocenters. The molecule has 1 fully saturated rings. The van der Waals surface area contributed by atoms with Crippen molar-refractivity contribution in [3.63, 3.8) is 0 Å². The second-order valence-corrected chi connectivity index (χ2v) is 5.79. The van der Waals surface area contributed by atoms with E-state index in [0.717, 1.165) is 39.2 Å². The molecule has 0 heterocycles. The maximum absolute atomic E-state index is 9.71. The Labute approximate surface area is 95.9 Å². The van der Waals surface area contributed by atoms with E-state index in [9.17, 15) is 5.11 Å². The van der Waals surface area contributed by atoms with Gasteiger partial charge in [-0.1, -0.05) is 0 Å². The second-order valence-electron chi connectivity index (χ2n) is 3.76. The number of hydrogen-bond acceptors (Lipinski definition) is 1. The van der Waals surface area contributed by atoms with Crippen LogP contribution in [0.3, 0.4) is 0 Å². The minimum atomic E-state index is 0.0740. The number of aliphatic hydroxyl groups excluding tert-OH is 1. The average molecular weight is 282 g/mol. The van der Waals surface area contributed by atoms with Crippen molar-refractivity contribution in [2.24, 2.45) is 5.41 Å². The molecule has 1 nitrogen and oxygen atoms in total. The van der Waals surface area contributed by atoms with Gasteiger partial charge in [-0.2, -0.15) is 0 Å². The monoisotopic (exact) mass is 282 g/mol. The first-order chi connectivity index (χ1) is 5.21. The SMILES string of the molecule is CCCC1([CH](O)[Pr])CCCC1. The van der Waals surface area contributed by atoms with Crippen LogP contribution in [0.25, 0.3) is 0 Å². The van der Waals surface area contributed by atoms with E-state index in [4.69, 9.17) is 0 Å². The van der Waals surface area contributed by atoms with Crippen LogP contribution in [-0.4, -0.2) is 6.79 Å². The molecule has 0 aliphatic heterocycles. The van der Waals surface area contributed by atoms with E-state index in [1.807, 2.05) is 0 Å². The van der Waals surface area contributed by atoms with Crippen molar-refractivity contribution < 1.29 is 44.3 Å². The number of rotatable bonds is 3. The third kappa shape index (κ3) is 2.38. The summed E-state index contributed by atoms with van der Waals surface area (Å²) in [6.07, 6.45) is 7.78. The van der Waals surface area contributed by atoms with E-state index in [1.165, 1.54) is 38.5 Å². The van der Waals surface area contributed by atoms with Crippen LogP contribution in [0.1, 0.15) is 45.4 Å². The van der Waals surface area contributed by atoms with Gasteiger partial charge < -0.3 is 0 Å². The predicted octanol–water partition coefficient (Wildman–Crippen LogP) is 2.21. The summed E-state index contributed by atoms with van der Waals surface area (Å²) in [5.74, 6) is 0. The molecule has 0 spiro atoms. The van der Waals surface area contributed by atoms with Gasteiger partial charge in [-0.15, -0.1) is 0 Å². The van der Waals surface area contributed by atoms with Gasteiger partial charge in [-0.3, -0.25) is 0 Å². The van der Waals surface area contributed by atoms with Crippen molar-refractivity contribution in [1.29, 1.82) is 0 Å². The topological polar surface area (TPSA) is 20.2 Å². The van der Waals surface area contributed by atoms with Crippen LogP contribution in [0.2, 0.25) is 0 Å². The number of hydrogen-bond donors (Lipinski definition) is 1. The molecule has 1 N–H and O–H groups in total. The van der Waals surface area contributed by atoms with Crippen molar-refractivity contribution in [1.82, 2.24) is 0 Å². The quantitative estimate of drug-likeness (QED) is 0.841. The molecule has 1 rings (SSSR count). The van der Waals surface area contributed by atoms with E-state index in [1.54, 1.807) is 0 Å². The predicted molar refractivity (Wildman–Crippen MR) is 41.8 cm³/mol. The first-order valence-corrected chi connectivity index (χ1v) is 6.79. The van der Waals surface area contributed by atoms with Crippen LogP contribution in [0.5, 0.6) is 0 Å². The van der Waals surface area contributed by atoms with Crippen LogP contribution >= 0.6 is 0 Å². The Balaban J connectivity index is 2.55. The van der Waals surface area contributed by atoms with E-state index in [-0.39, 0.29) is 1.69 Å². The van der Waals surface area contributed by atoms with Crippen molar-refractivity contribution in [2.45, 2.75) is 47.1 Å². The van der Waals surface area contributed by atoms with Crippen molar-refractivity contribution >= 4 is 0 Å². The van der Waals surface area contributed by atoms with Gasteiger partial charge in [0.15, 0.2) is 0 Å². The summed E-state index contributed by atoms with van der Waals surface area (Å²) >= 11 is 0.754. The van der Waals surface area contributed by atoms with Gasteiger partial charge >= 0.3 is 96.9 Å². The van der Waals surface area contributed by atoms with Crippen LogP contribution in [-0.2, 0) is 0 Å². The first kappa shape index (κ1) is 10.4. The Kier molecular flexibility index (Phi) is 4.28. The molecule has 2 heteroatoms. The summed E-state index contributed by atoms with van der Waals surface area (Å²) in [7, 11) is 0. The summed E-state index contributed by atoms with van der Waals surface area (Å²) < 4.78 is 0.0740. The van der Waals surface area contributed by atoms with Gasteiger partial charge in [0.25, 0.3) is 0 Å². The average Bonchev–Trinajstić information content (AvgIpc) is 2.38. The molecule has 1 unspecified atom stereocenters. The summed E-state index contributed by atoms with van der Waals surface area (Å²) in [5.41, 5.74) is 0.374. The summed E-state index contributed by atoms with van der Waals surface area (Å²) in [5, 5.41) is 9.71. The Hall–Kier alpha value is 1.32. The standard InChI is InChI=1S/C9H17O.Pr/c1-2-5-9(8-10)6-3-4-7-9;/h8,10H,2-7H2,1H3;. The Morgan fingerprint density at radius 1 is 1.45 bits per heavy atom. The molecule has 0 saturated heterocycles. The Morgan fingerprint density at radius 2 is 2.00 bits per heavy atom. The number of aliphatic hydroxyl groups is 1. The van der Waals surface area contributed by atoms with Gasteiger partial charge in [0.1, 0.15) is 0 Å². The zero-order valence-electron chi connectivity index (χ0n) is 7.34. The van der Waals surface area contributed by atoms with Crippen molar-refractivity contribution in [3.05, 3.63) is 0 Å². The fourth-order valence-electron chi connectivity index (χ4n) is 2.27. The van der Waals surface area contributed by atoms with Crippen LogP contribution < -0.4 is 0 Å². The van der Waals surface area contributed by atoms with Gasteiger partial charge in [0.2, 0.25) is 0 Å². The normalized spacial score (nSPS) is 25.2. The van der Waals surface area contributed by atoms with Gasteiger partial charge in [-0.05, 0) is 0 Å². The van der Waals surface area contributed by atoms with Gasteiger partial charge in [0, 0.05) is 0 Å². The third-order valence-electron chi connectivity index (χ3n) is 2.97. The summed E-state index contributed by atoms with van der Waals surface area (Å²) in [4.78, 5) is 0. The van der Waals surface area contributed by atoms with Gasteiger partial charge in [0.05, 0.1) is 0 Å². The van der Waals surface area contributed by atoms with Crippen molar-refractivity contribution in [2.75, 3.05) is 0 Å². The second kappa shape index (κ2) is 4.53. The fraction of sp³-hybridized carbons (Fsp3) is 1.00. The molecule has 0 radical (unpaired) electrons. The van der Waals surface area contributed by atoms with Gasteiger partial charge in [-0.25, -0.2) is 0 Å². The molecule has 62 valence electrons. The zero-order chi connectivity index (χ0) is 8.32. The first-order valence-electron chi connectivity index (χ1n) is 4.65. The fourth-order valence-corrected chi connectivity index (χ4v) is 3.87. The molecule has 0 aromatic rings. The molecule has 1 saturated carbocycles. The molecule has 0 aromatic heterocycles. The molecule has 1 aliphatic carbocycles. The van der Waals surface area contributed by atoms with E-state index >= 15 is 0 Å². The minimum absolute atomic E-state index is 0.0740. The molecule has 1 aliphatic rings. The zero-order valence-corrected chi connectivity index (χ0v) is 11.0. The third-order valence-corrected chi connectivity index (χ3v) is 5.24. The molecule has 0 bridgehead atoms. The molecule has 11 heavy (non-hydrogen) atoms. The Bertz CT molecular complexity index is 117. The summed E-state index contributed by atoms with van der Waals surface area (Å²) in [6, 6.07) is 0. The van der Waals surface area contributed by atoms with Crippen molar-refractivity contribution in [3.8, 4) is 0 Å².